The lowest BCUT2D eigenvalue weighted by atomic mass is 10.1. The Morgan fingerprint density at radius 1 is 0.778 bits per heavy atom. The van der Waals surface area contributed by atoms with Crippen molar-refractivity contribution in [3.8, 4) is 21.7 Å². The molecule has 3 nitrogen and oxygen atoms in total. The molecule has 3 aromatic carbocycles. The summed E-state index contributed by atoms with van der Waals surface area (Å²) >= 11 is 1.53. The maximum atomic E-state index is 12.4. The van der Waals surface area contributed by atoms with Crippen LogP contribution in [-0.2, 0) is 4.79 Å². The van der Waals surface area contributed by atoms with E-state index in [2.05, 4.69) is 12.1 Å². The molecule has 0 saturated heterocycles. The highest BCUT2D eigenvalue weighted by Crippen LogP contribution is 2.42. The highest BCUT2D eigenvalue weighted by atomic mass is 32.1. The third-order valence-corrected chi connectivity index (χ3v) is 5.31. The summed E-state index contributed by atoms with van der Waals surface area (Å²) in [7, 11) is 0. The molecule has 27 heavy (non-hydrogen) atoms. The molecule has 4 heteroatoms. The van der Waals surface area contributed by atoms with Crippen LogP contribution in [0.3, 0.4) is 0 Å². The van der Waals surface area contributed by atoms with Gasteiger partial charge in [0.15, 0.2) is 5.13 Å². The Kier molecular flexibility index (Phi) is 4.81. The molecule has 132 valence electrons. The van der Waals surface area contributed by atoms with Crippen molar-refractivity contribution in [3.05, 3.63) is 91.0 Å². The van der Waals surface area contributed by atoms with Gasteiger partial charge in [-0.15, -0.1) is 0 Å². The first kappa shape index (κ1) is 17.2. The first-order valence-corrected chi connectivity index (χ1v) is 9.53. The summed E-state index contributed by atoms with van der Waals surface area (Å²) in [5.74, 6) is -0.0610. The van der Waals surface area contributed by atoms with E-state index in [0.29, 0.717) is 5.13 Å². The first-order valence-electron chi connectivity index (χ1n) is 8.71. The Labute approximate surface area is 162 Å². The van der Waals surface area contributed by atoms with E-state index < -0.39 is 0 Å². The number of rotatable bonds is 4. The van der Waals surface area contributed by atoms with Gasteiger partial charge < -0.3 is 0 Å². The fourth-order valence-corrected chi connectivity index (χ4v) is 4.14. The van der Waals surface area contributed by atoms with Gasteiger partial charge in [-0.05, 0) is 17.7 Å². The smallest absolute Gasteiger partial charge is 0.230 e. The molecule has 1 amide bonds. The molecule has 0 unspecified atom stereocenters. The van der Waals surface area contributed by atoms with E-state index in [1.165, 1.54) is 11.3 Å². The Hall–Kier alpha value is -3.24. The average molecular weight is 370 g/mol. The molecule has 0 atom stereocenters. The topological polar surface area (TPSA) is 33.2 Å². The molecule has 0 spiro atoms. The van der Waals surface area contributed by atoms with E-state index in [1.807, 2.05) is 78.9 Å². The molecule has 1 aromatic heterocycles. The van der Waals surface area contributed by atoms with Crippen LogP contribution in [0.1, 0.15) is 6.92 Å². The van der Waals surface area contributed by atoms with Crippen LogP contribution in [0.25, 0.3) is 21.7 Å². The Bertz CT molecular complexity index is 987. The SMILES string of the molecule is CC(=O)N(c1ccccc1)c1nc(-c2ccccc2)c(-c2ccccc2)s1. The lowest BCUT2D eigenvalue weighted by Gasteiger charge is -2.17. The van der Waals surface area contributed by atoms with Crippen LogP contribution >= 0.6 is 11.3 Å². The van der Waals surface area contributed by atoms with Crippen LogP contribution in [0.2, 0.25) is 0 Å². The van der Waals surface area contributed by atoms with E-state index in [4.69, 9.17) is 4.98 Å². The largest absolute Gasteiger partial charge is 0.274 e. The van der Waals surface area contributed by atoms with Gasteiger partial charge >= 0.3 is 0 Å². The summed E-state index contributed by atoms with van der Waals surface area (Å²) in [6.45, 7) is 1.57. The van der Waals surface area contributed by atoms with Crippen molar-refractivity contribution in [2.45, 2.75) is 6.92 Å². The highest BCUT2D eigenvalue weighted by Gasteiger charge is 2.22. The van der Waals surface area contributed by atoms with Crippen LogP contribution < -0.4 is 4.90 Å². The van der Waals surface area contributed by atoms with E-state index >= 15 is 0 Å². The van der Waals surface area contributed by atoms with Crippen molar-refractivity contribution < 1.29 is 4.79 Å². The van der Waals surface area contributed by atoms with Crippen molar-refractivity contribution in [1.82, 2.24) is 4.98 Å². The van der Waals surface area contributed by atoms with Crippen molar-refractivity contribution in [2.75, 3.05) is 4.90 Å². The van der Waals surface area contributed by atoms with Crippen LogP contribution in [0, 0.1) is 0 Å². The number of carbonyl (C=O) groups is 1. The van der Waals surface area contributed by atoms with E-state index in [0.717, 1.165) is 27.4 Å². The number of hydrogen-bond donors (Lipinski definition) is 0. The molecular weight excluding hydrogens is 352 g/mol. The molecule has 0 radical (unpaired) electrons. The number of nitrogens with zero attached hydrogens (tertiary/aromatic N) is 2. The molecule has 4 aromatic rings. The van der Waals surface area contributed by atoms with Crippen LogP contribution in [-0.4, -0.2) is 10.9 Å². The maximum absolute atomic E-state index is 12.4. The second-order valence-corrected chi connectivity index (χ2v) is 7.07. The van der Waals surface area contributed by atoms with Crippen molar-refractivity contribution in [2.24, 2.45) is 0 Å². The summed E-state index contributed by atoms with van der Waals surface area (Å²) in [5.41, 5.74) is 3.84. The number of benzene rings is 3. The molecule has 4 rings (SSSR count). The molecule has 0 aliphatic carbocycles. The summed E-state index contributed by atoms with van der Waals surface area (Å²) in [6, 6.07) is 29.9. The van der Waals surface area contributed by atoms with Gasteiger partial charge in [0.25, 0.3) is 0 Å². The van der Waals surface area contributed by atoms with Crippen molar-refractivity contribution >= 4 is 28.1 Å². The van der Waals surface area contributed by atoms with Crippen molar-refractivity contribution in [3.63, 3.8) is 0 Å². The second kappa shape index (κ2) is 7.56. The minimum atomic E-state index is -0.0610. The summed E-state index contributed by atoms with van der Waals surface area (Å²) in [4.78, 5) is 20.0. The molecule has 0 fully saturated rings. The Morgan fingerprint density at radius 2 is 1.30 bits per heavy atom. The standard InChI is InChI=1S/C23H18N2OS/c1-17(26)25(20-15-9-4-10-16-20)23-24-21(18-11-5-2-6-12-18)22(27-23)19-13-7-3-8-14-19/h2-16H,1H3. The Balaban J connectivity index is 1.90. The van der Waals surface area contributed by atoms with Crippen LogP contribution in [0.15, 0.2) is 91.0 Å². The predicted molar refractivity (Wildman–Crippen MR) is 112 cm³/mol. The van der Waals surface area contributed by atoms with E-state index in [-0.39, 0.29) is 5.91 Å². The van der Waals surface area contributed by atoms with Gasteiger partial charge in [-0.2, -0.15) is 0 Å². The predicted octanol–water partition coefficient (Wildman–Crippen LogP) is 6.16. The fourth-order valence-electron chi connectivity index (χ4n) is 2.99. The van der Waals surface area contributed by atoms with Gasteiger partial charge in [-0.25, -0.2) is 4.98 Å². The quantitative estimate of drug-likeness (QED) is 0.431. The second-order valence-electron chi connectivity index (χ2n) is 6.10. The normalized spacial score (nSPS) is 10.6. The molecule has 0 bridgehead atoms. The molecular formula is C23H18N2OS. The van der Waals surface area contributed by atoms with Crippen LogP contribution in [0.5, 0.6) is 0 Å². The molecule has 0 aliphatic heterocycles. The number of hydrogen-bond acceptors (Lipinski definition) is 3. The fraction of sp³-hybridized carbons (Fsp3) is 0.0435. The minimum absolute atomic E-state index is 0.0610. The number of para-hydroxylation sites is 1. The average Bonchev–Trinajstić information content (AvgIpc) is 3.15. The summed E-state index contributed by atoms with van der Waals surface area (Å²) in [6.07, 6.45) is 0. The third kappa shape index (κ3) is 3.52. The molecule has 0 saturated carbocycles. The monoisotopic (exact) mass is 370 g/mol. The third-order valence-electron chi connectivity index (χ3n) is 4.22. The van der Waals surface area contributed by atoms with Gasteiger partial charge in [-0.3, -0.25) is 9.69 Å². The number of amides is 1. The van der Waals surface area contributed by atoms with Gasteiger partial charge in [-0.1, -0.05) is 90.2 Å². The summed E-state index contributed by atoms with van der Waals surface area (Å²) in [5, 5.41) is 0.673. The maximum Gasteiger partial charge on any atom is 0.230 e. The lowest BCUT2D eigenvalue weighted by Crippen LogP contribution is -2.22. The van der Waals surface area contributed by atoms with E-state index in [9.17, 15) is 4.79 Å². The zero-order valence-electron chi connectivity index (χ0n) is 14.9. The highest BCUT2D eigenvalue weighted by molar-refractivity contribution is 7.19. The number of aromatic nitrogens is 1. The van der Waals surface area contributed by atoms with E-state index in [1.54, 1.807) is 11.8 Å². The van der Waals surface area contributed by atoms with Gasteiger partial charge in [0, 0.05) is 12.5 Å². The number of carbonyl (C=O) groups excluding carboxylic acids is 1. The molecule has 1 heterocycles. The minimum Gasteiger partial charge on any atom is -0.274 e. The molecule has 0 N–H and O–H groups in total. The van der Waals surface area contributed by atoms with Crippen molar-refractivity contribution in [1.29, 1.82) is 0 Å². The number of thiazole rings is 1. The first-order chi connectivity index (χ1) is 13.2. The number of anilines is 2. The Morgan fingerprint density at radius 3 is 1.85 bits per heavy atom. The van der Waals surface area contributed by atoms with Gasteiger partial charge in [0.2, 0.25) is 5.91 Å². The molecule has 0 aliphatic rings. The lowest BCUT2D eigenvalue weighted by molar-refractivity contribution is -0.115. The van der Waals surface area contributed by atoms with Gasteiger partial charge in [0.05, 0.1) is 16.3 Å². The van der Waals surface area contributed by atoms with Gasteiger partial charge in [0.1, 0.15) is 0 Å². The zero-order chi connectivity index (χ0) is 18.6. The zero-order valence-corrected chi connectivity index (χ0v) is 15.7. The summed E-state index contributed by atoms with van der Waals surface area (Å²) < 4.78 is 0. The van der Waals surface area contributed by atoms with Crippen LogP contribution in [0.4, 0.5) is 10.8 Å².